The molecule has 20 heavy (non-hydrogen) atoms. The van der Waals surface area contributed by atoms with Crippen LogP contribution in [0.15, 0.2) is 36.5 Å². The molecule has 0 saturated heterocycles. The molecule has 1 N–H and O–H groups in total. The van der Waals surface area contributed by atoms with E-state index in [2.05, 4.69) is 55.3 Å². The Morgan fingerprint density at radius 3 is 2.80 bits per heavy atom. The van der Waals surface area contributed by atoms with E-state index in [-0.39, 0.29) is 0 Å². The van der Waals surface area contributed by atoms with Crippen LogP contribution in [0.1, 0.15) is 38.8 Å². The number of hydrogen-bond donors (Lipinski definition) is 1. The quantitative estimate of drug-likeness (QED) is 0.816. The van der Waals surface area contributed by atoms with E-state index >= 15 is 0 Å². The van der Waals surface area contributed by atoms with E-state index in [9.17, 15) is 0 Å². The number of fused-ring (bicyclic) bond motifs is 1. The summed E-state index contributed by atoms with van der Waals surface area (Å²) in [6.07, 6.45) is 3.18. The maximum Gasteiger partial charge on any atom is 0.0702 e. The van der Waals surface area contributed by atoms with E-state index in [1.54, 1.807) is 0 Å². The molecule has 0 fully saturated rings. The van der Waals surface area contributed by atoms with Crippen LogP contribution in [0.25, 0.3) is 10.9 Å². The van der Waals surface area contributed by atoms with Crippen molar-refractivity contribution < 1.29 is 0 Å². The highest BCUT2D eigenvalue weighted by molar-refractivity contribution is 7.99. The van der Waals surface area contributed by atoms with Gasteiger partial charge in [-0.3, -0.25) is 4.98 Å². The largest absolute Gasteiger partial charge is 0.309 e. The molecular formula is C17H24N2S. The van der Waals surface area contributed by atoms with E-state index in [1.165, 1.54) is 10.9 Å². The molecule has 1 aromatic carbocycles. The number of aromatic nitrogens is 1. The Hall–Kier alpha value is -1.06. The van der Waals surface area contributed by atoms with Crippen molar-refractivity contribution in [2.24, 2.45) is 0 Å². The predicted molar refractivity (Wildman–Crippen MR) is 90.4 cm³/mol. The first-order valence-corrected chi connectivity index (χ1v) is 8.45. The number of thioether (sulfide) groups is 1. The molecule has 0 bridgehead atoms. The molecule has 0 aliphatic carbocycles. The van der Waals surface area contributed by atoms with Crippen molar-refractivity contribution in [3.8, 4) is 0 Å². The van der Waals surface area contributed by atoms with Crippen molar-refractivity contribution in [3.05, 3.63) is 42.1 Å². The van der Waals surface area contributed by atoms with Crippen LogP contribution in [0.4, 0.5) is 0 Å². The lowest BCUT2D eigenvalue weighted by Crippen LogP contribution is -2.24. The molecule has 1 atom stereocenters. The fourth-order valence-corrected chi connectivity index (χ4v) is 3.05. The molecule has 0 amide bonds. The second kappa shape index (κ2) is 7.65. The highest BCUT2D eigenvalue weighted by Crippen LogP contribution is 2.23. The van der Waals surface area contributed by atoms with E-state index in [0.717, 1.165) is 24.2 Å². The van der Waals surface area contributed by atoms with Crippen LogP contribution >= 0.6 is 11.8 Å². The number of pyridine rings is 1. The third-order valence-electron chi connectivity index (χ3n) is 3.25. The summed E-state index contributed by atoms with van der Waals surface area (Å²) in [6.45, 7) is 7.76. The summed E-state index contributed by atoms with van der Waals surface area (Å²) in [5, 5.41) is 5.53. The summed E-state index contributed by atoms with van der Waals surface area (Å²) in [5.74, 6) is 1.09. The van der Waals surface area contributed by atoms with Crippen LogP contribution in [0.2, 0.25) is 0 Å². The number of hydrogen-bond acceptors (Lipinski definition) is 3. The molecule has 2 nitrogen and oxygen atoms in total. The van der Waals surface area contributed by atoms with Gasteiger partial charge in [0.05, 0.1) is 5.52 Å². The van der Waals surface area contributed by atoms with Crippen LogP contribution < -0.4 is 5.32 Å². The first-order valence-electron chi connectivity index (χ1n) is 7.40. The topological polar surface area (TPSA) is 24.9 Å². The van der Waals surface area contributed by atoms with Crippen LogP contribution in [0.3, 0.4) is 0 Å². The van der Waals surface area contributed by atoms with E-state index < -0.39 is 0 Å². The minimum atomic E-state index is 0.388. The average Bonchev–Trinajstić information content (AvgIpc) is 2.46. The molecule has 0 aliphatic rings. The Labute approximate surface area is 126 Å². The third kappa shape index (κ3) is 4.22. The summed E-state index contributed by atoms with van der Waals surface area (Å²) < 4.78 is 0. The van der Waals surface area contributed by atoms with Gasteiger partial charge in [-0.1, -0.05) is 39.0 Å². The fraction of sp³-hybridized carbons (Fsp3) is 0.471. The molecule has 2 aromatic rings. The summed E-state index contributed by atoms with van der Waals surface area (Å²) in [4.78, 5) is 4.59. The zero-order chi connectivity index (χ0) is 14.4. The van der Waals surface area contributed by atoms with Gasteiger partial charge in [-0.25, -0.2) is 0 Å². The lowest BCUT2D eigenvalue weighted by molar-refractivity contribution is 0.576. The number of benzene rings is 1. The number of rotatable bonds is 7. The van der Waals surface area contributed by atoms with Gasteiger partial charge in [-0.05, 0) is 35.9 Å². The highest BCUT2D eigenvalue weighted by atomic mass is 32.2. The molecule has 0 saturated carbocycles. The molecule has 1 unspecified atom stereocenters. The zero-order valence-corrected chi connectivity index (χ0v) is 13.4. The van der Waals surface area contributed by atoms with Gasteiger partial charge < -0.3 is 5.32 Å². The van der Waals surface area contributed by atoms with Gasteiger partial charge in [0, 0.05) is 23.4 Å². The van der Waals surface area contributed by atoms with Crippen LogP contribution in [-0.4, -0.2) is 22.5 Å². The minimum absolute atomic E-state index is 0.388. The Kier molecular flexibility index (Phi) is 5.86. The fourth-order valence-electron chi connectivity index (χ4n) is 2.16. The first kappa shape index (κ1) is 15.3. The lowest BCUT2D eigenvalue weighted by Gasteiger charge is -2.20. The zero-order valence-electron chi connectivity index (χ0n) is 12.6. The van der Waals surface area contributed by atoms with Gasteiger partial charge in [0.15, 0.2) is 0 Å². The SMILES string of the molecule is CCCNC(CSC(C)C)c1cnc2ccccc2c1. The standard InChI is InChI=1S/C17H24N2S/c1-4-9-18-17(12-20-13(2)3)15-10-14-7-5-6-8-16(14)19-11-15/h5-8,10-11,13,17-18H,4,9,12H2,1-3H3. The van der Waals surface area contributed by atoms with Crippen LogP contribution in [0, 0.1) is 0 Å². The third-order valence-corrected chi connectivity index (χ3v) is 4.44. The Bertz CT molecular complexity index is 539. The monoisotopic (exact) mass is 288 g/mol. The number of nitrogens with one attached hydrogen (secondary N) is 1. The first-order chi connectivity index (χ1) is 9.70. The molecule has 3 heteroatoms. The van der Waals surface area contributed by atoms with Gasteiger partial charge in [-0.2, -0.15) is 11.8 Å². The Morgan fingerprint density at radius 1 is 1.25 bits per heavy atom. The molecule has 2 rings (SSSR count). The van der Waals surface area contributed by atoms with Crippen molar-refractivity contribution in [2.45, 2.75) is 38.5 Å². The van der Waals surface area contributed by atoms with E-state index in [4.69, 9.17) is 0 Å². The molecular weight excluding hydrogens is 264 g/mol. The number of nitrogens with zero attached hydrogens (tertiary/aromatic N) is 1. The minimum Gasteiger partial charge on any atom is -0.309 e. The molecule has 1 heterocycles. The molecule has 0 spiro atoms. The van der Waals surface area contributed by atoms with Gasteiger partial charge >= 0.3 is 0 Å². The van der Waals surface area contributed by atoms with Crippen molar-refractivity contribution in [1.29, 1.82) is 0 Å². The maximum atomic E-state index is 4.59. The van der Waals surface area contributed by atoms with E-state index in [0.29, 0.717) is 11.3 Å². The van der Waals surface area contributed by atoms with Crippen molar-refractivity contribution in [2.75, 3.05) is 12.3 Å². The Balaban J connectivity index is 2.19. The summed E-state index contributed by atoms with van der Waals surface area (Å²) >= 11 is 2.00. The normalized spacial score (nSPS) is 13.0. The average molecular weight is 288 g/mol. The van der Waals surface area contributed by atoms with Crippen molar-refractivity contribution in [1.82, 2.24) is 10.3 Å². The van der Waals surface area contributed by atoms with Gasteiger partial charge in [0.2, 0.25) is 0 Å². The summed E-state index contributed by atoms with van der Waals surface area (Å²) in [5.41, 5.74) is 2.37. The van der Waals surface area contributed by atoms with Crippen molar-refractivity contribution in [3.63, 3.8) is 0 Å². The summed E-state index contributed by atoms with van der Waals surface area (Å²) in [6, 6.07) is 11.0. The van der Waals surface area contributed by atoms with Crippen LogP contribution in [-0.2, 0) is 0 Å². The van der Waals surface area contributed by atoms with E-state index in [1.807, 2.05) is 24.0 Å². The molecule has 0 radical (unpaired) electrons. The second-order valence-electron chi connectivity index (χ2n) is 5.35. The van der Waals surface area contributed by atoms with Gasteiger partial charge in [-0.15, -0.1) is 0 Å². The lowest BCUT2D eigenvalue weighted by atomic mass is 10.1. The smallest absolute Gasteiger partial charge is 0.0702 e. The molecule has 108 valence electrons. The molecule has 0 aliphatic heterocycles. The van der Waals surface area contributed by atoms with Gasteiger partial charge in [0.25, 0.3) is 0 Å². The Morgan fingerprint density at radius 2 is 2.05 bits per heavy atom. The maximum absolute atomic E-state index is 4.59. The van der Waals surface area contributed by atoms with Crippen molar-refractivity contribution >= 4 is 22.7 Å². The highest BCUT2D eigenvalue weighted by Gasteiger charge is 2.12. The number of para-hydroxylation sites is 1. The molecule has 1 aromatic heterocycles. The summed E-state index contributed by atoms with van der Waals surface area (Å²) in [7, 11) is 0. The predicted octanol–water partition coefficient (Wildman–Crippen LogP) is 4.42. The van der Waals surface area contributed by atoms with Crippen LogP contribution in [0.5, 0.6) is 0 Å². The second-order valence-corrected chi connectivity index (χ2v) is 6.96. The van der Waals surface area contributed by atoms with Gasteiger partial charge in [0.1, 0.15) is 0 Å².